The average Bonchev–Trinajstić information content (AvgIpc) is 2.63. The smallest absolute Gasteiger partial charge is 0.0359 e. The molecule has 1 aliphatic heterocycles. The van der Waals surface area contributed by atoms with Crippen LogP contribution in [0.4, 0.5) is 0 Å². The predicted molar refractivity (Wildman–Crippen MR) is 62.8 cm³/mol. The third kappa shape index (κ3) is 1.73. The number of thiophene rings is 1. The van der Waals surface area contributed by atoms with Crippen LogP contribution in [-0.4, -0.2) is 6.54 Å². The fraction of sp³-hybridized carbons (Fsp3) is 0.667. The maximum absolute atomic E-state index is 3.65. The Morgan fingerprint density at radius 1 is 1.43 bits per heavy atom. The zero-order valence-electron chi connectivity index (χ0n) is 9.21. The Labute approximate surface area is 90.5 Å². The molecule has 0 radical (unpaired) electrons. The second-order valence-corrected chi connectivity index (χ2v) is 5.58. The Morgan fingerprint density at radius 2 is 2.21 bits per heavy atom. The van der Waals surface area contributed by atoms with Crippen LogP contribution in [0.1, 0.15) is 37.3 Å². The van der Waals surface area contributed by atoms with Crippen molar-refractivity contribution < 1.29 is 0 Å². The van der Waals surface area contributed by atoms with Crippen LogP contribution < -0.4 is 5.32 Å². The molecule has 2 atom stereocenters. The summed E-state index contributed by atoms with van der Waals surface area (Å²) in [4.78, 5) is 1.60. The first-order valence-electron chi connectivity index (χ1n) is 5.50. The van der Waals surface area contributed by atoms with E-state index in [2.05, 4.69) is 37.5 Å². The van der Waals surface area contributed by atoms with Gasteiger partial charge in [0.15, 0.2) is 0 Å². The van der Waals surface area contributed by atoms with Gasteiger partial charge < -0.3 is 5.32 Å². The van der Waals surface area contributed by atoms with Gasteiger partial charge in [0, 0.05) is 17.5 Å². The van der Waals surface area contributed by atoms with E-state index in [4.69, 9.17) is 0 Å². The van der Waals surface area contributed by atoms with E-state index in [9.17, 15) is 0 Å². The van der Waals surface area contributed by atoms with Crippen LogP contribution in [0.5, 0.6) is 0 Å². The first-order chi connectivity index (χ1) is 6.70. The zero-order valence-corrected chi connectivity index (χ0v) is 10.0. The summed E-state index contributed by atoms with van der Waals surface area (Å²) in [6.45, 7) is 8.13. The molecule has 1 N–H and O–H groups in total. The van der Waals surface area contributed by atoms with E-state index in [1.54, 1.807) is 10.4 Å². The summed E-state index contributed by atoms with van der Waals surface area (Å²) in [6, 6.07) is 2.89. The van der Waals surface area contributed by atoms with E-state index < -0.39 is 0 Å². The third-order valence-corrected chi connectivity index (χ3v) is 4.41. The minimum absolute atomic E-state index is 0.588. The maximum Gasteiger partial charge on any atom is 0.0359 e. The molecular formula is C12H19NS. The van der Waals surface area contributed by atoms with Crippen molar-refractivity contribution in [1.29, 1.82) is 0 Å². The molecule has 1 aromatic rings. The van der Waals surface area contributed by atoms with Crippen LogP contribution in [0.2, 0.25) is 0 Å². The zero-order chi connectivity index (χ0) is 10.1. The van der Waals surface area contributed by atoms with Crippen LogP contribution in [0.15, 0.2) is 11.4 Å². The molecule has 2 unspecified atom stereocenters. The minimum atomic E-state index is 0.588. The molecule has 0 aliphatic carbocycles. The van der Waals surface area contributed by atoms with E-state index in [1.165, 1.54) is 6.42 Å². The summed E-state index contributed by atoms with van der Waals surface area (Å²) in [5.41, 5.74) is 1.56. The second kappa shape index (κ2) is 4.03. The fourth-order valence-electron chi connectivity index (χ4n) is 2.14. The van der Waals surface area contributed by atoms with Gasteiger partial charge in [-0.05, 0) is 35.3 Å². The average molecular weight is 209 g/mol. The van der Waals surface area contributed by atoms with Crippen molar-refractivity contribution in [2.75, 3.05) is 6.54 Å². The van der Waals surface area contributed by atoms with E-state index in [0.717, 1.165) is 18.4 Å². The Morgan fingerprint density at radius 3 is 2.93 bits per heavy atom. The molecule has 14 heavy (non-hydrogen) atoms. The van der Waals surface area contributed by atoms with Gasteiger partial charge in [0.05, 0.1) is 0 Å². The van der Waals surface area contributed by atoms with Gasteiger partial charge in [-0.3, -0.25) is 0 Å². The molecule has 0 saturated heterocycles. The highest BCUT2D eigenvalue weighted by Crippen LogP contribution is 2.34. The molecule has 1 nitrogen and oxygen atoms in total. The van der Waals surface area contributed by atoms with Crippen LogP contribution >= 0.6 is 11.3 Å². The summed E-state index contributed by atoms with van der Waals surface area (Å²) < 4.78 is 0. The molecule has 78 valence electrons. The molecule has 0 saturated carbocycles. The number of hydrogen-bond acceptors (Lipinski definition) is 2. The van der Waals surface area contributed by atoms with Gasteiger partial charge in [-0.25, -0.2) is 0 Å². The lowest BCUT2D eigenvalue weighted by Gasteiger charge is -2.31. The van der Waals surface area contributed by atoms with Crippen molar-refractivity contribution in [3.8, 4) is 0 Å². The lowest BCUT2D eigenvalue weighted by atomic mass is 9.84. The van der Waals surface area contributed by atoms with Gasteiger partial charge in [0.2, 0.25) is 0 Å². The lowest BCUT2D eigenvalue weighted by Crippen LogP contribution is -2.34. The number of fused-ring (bicyclic) bond motifs is 1. The summed E-state index contributed by atoms with van der Waals surface area (Å²) in [5.74, 6) is 1.47. The van der Waals surface area contributed by atoms with Gasteiger partial charge >= 0.3 is 0 Å². The highest BCUT2D eigenvalue weighted by Gasteiger charge is 2.26. The Balaban J connectivity index is 2.23. The summed E-state index contributed by atoms with van der Waals surface area (Å²) in [5, 5.41) is 5.88. The highest BCUT2D eigenvalue weighted by molar-refractivity contribution is 7.10. The molecule has 2 heteroatoms. The predicted octanol–water partition coefficient (Wildman–Crippen LogP) is 3.23. The fourth-order valence-corrected chi connectivity index (χ4v) is 3.07. The first-order valence-corrected chi connectivity index (χ1v) is 6.37. The molecule has 0 amide bonds. The van der Waals surface area contributed by atoms with Gasteiger partial charge in [-0.15, -0.1) is 11.3 Å². The van der Waals surface area contributed by atoms with Crippen molar-refractivity contribution in [3.05, 3.63) is 21.9 Å². The first kappa shape index (κ1) is 10.2. The van der Waals surface area contributed by atoms with Crippen LogP contribution in [0.25, 0.3) is 0 Å². The van der Waals surface area contributed by atoms with Crippen LogP contribution in [-0.2, 0) is 6.42 Å². The summed E-state index contributed by atoms with van der Waals surface area (Å²) >= 11 is 1.92. The molecule has 0 bridgehead atoms. The SMILES string of the molecule is CC(C)C(C)C1NCCc2sccc21. The Kier molecular flexibility index (Phi) is 2.93. The van der Waals surface area contributed by atoms with Gasteiger partial charge in [-0.1, -0.05) is 20.8 Å². The maximum atomic E-state index is 3.65. The normalized spacial score (nSPS) is 23.6. The molecule has 0 spiro atoms. The molecule has 1 aromatic heterocycles. The second-order valence-electron chi connectivity index (χ2n) is 4.58. The van der Waals surface area contributed by atoms with E-state index in [1.807, 2.05) is 11.3 Å². The van der Waals surface area contributed by atoms with Crippen molar-refractivity contribution in [1.82, 2.24) is 5.32 Å². The standard InChI is InChI=1S/C12H19NS/c1-8(2)9(3)12-10-5-7-14-11(10)4-6-13-12/h5,7-9,12-13H,4,6H2,1-3H3. The molecule has 0 aromatic carbocycles. The summed E-state index contributed by atoms with van der Waals surface area (Å²) in [6.07, 6.45) is 1.22. The number of rotatable bonds is 2. The van der Waals surface area contributed by atoms with Crippen molar-refractivity contribution in [3.63, 3.8) is 0 Å². The van der Waals surface area contributed by atoms with Gasteiger partial charge in [0.25, 0.3) is 0 Å². The topological polar surface area (TPSA) is 12.0 Å². The van der Waals surface area contributed by atoms with E-state index in [-0.39, 0.29) is 0 Å². The van der Waals surface area contributed by atoms with Crippen LogP contribution in [0.3, 0.4) is 0 Å². The molecular weight excluding hydrogens is 190 g/mol. The molecule has 1 aliphatic rings. The van der Waals surface area contributed by atoms with E-state index in [0.29, 0.717) is 6.04 Å². The minimum Gasteiger partial charge on any atom is -0.309 e. The van der Waals surface area contributed by atoms with Crippen molar-refractivity contribution in [2.45, 2.75) is 33.2 Å². The monoisotopic (exact) mass is 209 g/mol. The van der Waals surface area contributed by atoms with Crippen molar-refractivity contribution >= 4 is 11.3 Å². The van der Waals surface area contributed by atoms with E-state index >= 15 is 0 Å². The molecule has 0 fully saturated rings. The van der Waals surface area contributed by atoms with Gasteiger partial charge in [-0.2, -0.15) is 0 Å². The number of hydrogen-bond donors (Lipinski definition) is 1. The largest absolute Gasteiger partial charge is 0.309 e. The third-order valence-electron chi connectivity index (χ3n) is 3.41. The van der Waals surface area contributed by atoms with Crippen molar-refractivity contribution in [2.24, 2.45) is 11.8 Å². The quantitative estimate of drug-likeness (QED) is 0.788. The van der Waals surface area contributed by atoms with Crippen LogP contribution in [0, 0.1) is 11.8 Å². The van der Waals surface area contributed by atoms with Gasteiger partial charge in [0.1, 0.15) is 0 Å². The molecule has 2 rings (SSSR count). The lowest BCUT2D eigenvalue weighted by molar-refractivity contribution is 0.296. The highest BCUT2D eigenvalue weighted by atomic mass is 32.1. The Bertz CT molecular complexity index is 303. The number of nitrogens with one attached hydrogen (secondary N) is 1. The summed E-state index contributed by atoms with van der Waals surface area (Å²) in [7, 11) is 0. The molecule has 2 heterocycles. The Hall–Kier alpha value is -0.340.